The van der Waals surface area contributed by atoms with Crippen LogP contribution < -0.4 is 10.6 Å². The Bertz CT molecular complexity index is 1450. The van der Waals surface area contributed by atoms with Crippen molar-refractivity contribution in [2.45, 2.75) is 31.8 Å². The summed E-state index contributed by atoms with van der Waals surface area (Å²) in [7, 11) is 0. The summed E-state index contributed by atoms with van der Waals surface area (Å²) in [5.41, 5.74) is 3.30. The summed E-state index contributed by atoms with van der Waals surface area (Å²) in [6.07, 6.45) is -1.29. The summed E-state index contributed by atoms with van der Waals surface area (Å²) in [4.78, 5) is 67.9. The first kappa shape index (κ1) is 33.9. The first-order chi connectivity index (χ1) is 20.4. The Kier molecular flexibility index (Phi) is 13.3. The second kappa shape index (κ2) is 16.9. The highest BCUT2D eigenvalue weighted by Crippen LogP contribution is 2.19. The molecule has 0 saturated heterocycles. The summed E-state index contributed by atoms with van der Waals surface area (Å²) in [6, 6.07) is 20.0. The minimum Gasteiger partial charge on any atom is -0.481 e. The van der Waals surface area contributed by atoms with Gasteiger partial charge in [0.05, 0.1) is 12.8 Å². The normalized spacial score (nSPS) is 11.6. The molecule has 0 heterocycles. The van der Waals surface area contributed by atoms with E-state index in [-0.39, 0.29) is 5.56 Å². The number of aryl methyl sites for hydroxylation is 1. The molecule has 2 unspecified atom stereocenters. The van der Waals surface area contributed by atoms with Gasteiger partial charge < -0.3 is 20.8 Å². The maximum absolute atomic E-state index is 12.5. The number of alkyl halides is 2. The number of carboxylic acids is 2. The van der Waals surface area contributed by atoms with Crippen molar-refractivity contribution < 1.29 is 47.8 Å². The van der Waals surface area contributed by atoms with Crippen molar-refractivity contribution in [2.24, 2.45) is 0 Å². The van der Waals surface area contributed by atoms with Gasteiger partial charge in [-0.1, -0.05) is 60.2 Å². The highest BCUT2D eigenvalue weighted by atomic mass is 19.1. The lowest BCUT2D eigenvalue weighted by Gasteiger charge is -2.14. The molecule has 10 nitrogen and oxygen atoms in total. The molecular formula is C31H30F2N2O8. The Labute approximate surface area is 245 Å². The fourth-order valence-corrected chi connectivity index (χ4v) is 3.74. The van der Waals surface area contributed by atoms with Gasteiger partial charge in [0.25, 0.3) is 11.8 Å². The van der Waals surface area contributed by atoms with Crippen LogP contribution in [0, 0.1) is 6.92 Å². The van der Waals surface area contributed by atoms with E-state index in [4.69, 9.17) is 10.2 Å². The number of nitrogens with one attached hydrogen (secondary N) is 2. The quantitative estimate of drug-likeness (QED) is 0.232. The molecule has 0 radical (unpaired) electrons. The number of carboxylic acid groups (broad SMARTS) is 2. The molecule has 12 heteroatoms. The van der Waals surface area contributed by atoms with Crippen molar-refractivity contribution in [3.05, 3.63) is 95.6 Å². The number of Topliss-reactive ketones (excluding diaryl/α,β-unsaturated/α-hetero) is 2. The van der Waals surface area contributed by atoms with Gasteiger partial charge in [-0.25, -0.2) is 8.78 Å². The van der Waals surface area contributed by atoms with Crippen molar-refractivity contribution in [3.63, 3.8) is 0 Å². The lowest BCUT2D eigenvalue weighted by Crippen LogP contribution is -2.43. The third kappa shape index (κ3) is 11.3. The van der Waals surface area contributed by atoms with Crippen LogP contribution in [-0.4, -0.2) is 71.0 Å². The zero-order valence-electron chi connectivity index (χ0n) is 23.1. The van der Waals surface area contributed by atoms with Crippen molar-refractivity contribution in [1.82, 2.24) is 10.6 Å². The Morgan fingerprint density at radius 3 is 1.53 bits per heavy atom. The molecule has 226 valence electrons. The van der Waals surface area contributed by atoms with E-state index in [0.29, 0.717) is 5.56 Å². The number of halogens is 2. The molecule has 0 fully saturated rings. The summed E-state index contributed by atoms with van der Waals surface area (Å²) in [5.74, 6) is -5.72. The number of rotatable bonds is 13. The second-order valence-corrected chi connectivity index (χ2v) is 9.26. The van der Waals surface area contributed by atoms with E-state index in [1.54, 1.807) is 49.4 Å². The molecule has 0 spiro atoms. The van der Waals surface area contributed by atoms with Crippen LogP contribution in [0.4, 0.5) is 8.78 Å². The van der Waals surface area contributed by atoms with Gasteiger partial charge in [0.1, 0.15) is 25.4 Å². The number of amides is 2. The molecule has 0 aliphatic heterocycles. The van der Waals surface area contributed by atoms with Crippen molar-refractivity contribution in [2.75, 3.05) is 13.3 Å². The largest absolute Gasteiger partial charge is 0.481 e. The van der Waals surface area contributed by atoms with Gasteiger partial charge in [0.2, 0.25) is 0 Å². The van der Waals surface area contributed by atoms with Gasteiger partial charge >= 0.3 is 11.9 Å². The molecule has 3 aromatic carbocycles. The molecule has 0 bridgehead atoms. The molecule has 0 aromatic heterocycles. The van der Waals surface area contributed by atoms with Gasteiger partial charge in [-0.2, -0.15) is 0 Å². The molecule has 0 saturated carbocycles. The van der Waals surface area contributed by atoms with Crippen LogP contribution in [0.5, 0.6) is 0 Å². The number of benzene rings is 3. The summed E-state index contributed by atoms with van der Waals surface area (Å²) in [5, 5.41) is 21.9. The predicted octanol–water partition coefficient (Wildman–Crippen LogP) is 3.57. The van der Waals surface area contributed by atoms with E-state index in [1.807, 2.05) is 30.3 Å². The Hall–Kier alpha value is -5.26. The molecule has 43 heavy (non-hydrogen) atoms. The van der Waals surface area contributed by atoms with Gasteiger partial charge in [0, 0.05) is 11.1 Å². The topological polar surface area (TPSA) is 167 Å². The number of carbonyl (C=O) groups excluding carboxylic acids is 4. The molecule has 3 rings (SSSR count). The van der Waals surface area contributed by atoms with Crippen LogP contribution in [-0.2, 0) is 19.2 Å². The van der Waals surface area contributed by atoms with E-state index < -0.39 is 73.6 Å². The number of aliphatic carboxylic acids is 2. The van der Waals surface area contributed by atoms with Gasteiger partial charge in [-0.3, -0.25) is 28.8 Å². The molecule has 4 N–H and O–H groups in total. The summed E-state index contributed by atoms with van der Waals surface area (Å²) in [6.45, 7) is -0.852. The fourth-order valence-electron chi connectivity index (χ4n) is 3.74. The van der Waals surface area contributed by atoms with Crippen LogP contribution in [0.2, 0.25) is 0 Å². The molecule has 2 atom stereocenters. The summed E-state index contributed by atoms with van der Waals surface area (Å²) < 4.78 is 24.8. The average molecular weight is 597 g/mol. The highest BCUT2D eigenvalue weighted by molar-refractivity contribution is 6.00. The third-order valence-electron chi connectivity index (χ3n) is 5.94. The van der Waals surface area contributed by atoms with Crippen LogP contribution in [0.3, 0.4) is 0 Å². The molecule has 0 aliphatic rings. The molecular weight excluding hydrogens is 566 g/mol. The molecule has 3 aromatic rings. The fraction of sp³-hybridized carbons (Fsp3) is 0.226. The average Bonchev–Trinajstić information content (AvgIpc) is 2.99. The first-order valence-electron chi connectivity index (χ1n) is 12.9. The number of hydrogen-bond donors (Lipinski definition) is 4. The molecule has 2 amide bonds. The van der Waals surface area contributed by atoms with E-state index in [1.165, 1.54) is 6.07 Å². The lowest BCUT2D eigenvalue weighted by atomic mass is 10.0. The lowest BCUT2D eigenvalue weighted by molar-refractivity contribution is -0.140. The molecule has 0 aliphatic carbocycles. The van der Waals surface area contributed by atoms with Crippen LogP contribution >= 0.6 is 0 Å². The zero-order valence-corrected chi connectivity index (χ0v) is 23.1. The number of hydrogen-bond acceptors (Lipinski definition) is 6. The monoisotopic (exact) mass is 596 g/mol. The minimum atomic E-state index is -1.38. The Morgan fingerprint density at radius 1 is 0.628 bits per heavy atom. The van der Waals surface area contributed by atoms with Crippen molar-refractivity contribution in [1.29, 1.82) is 0 Å². The first-order valence-corrected chi connectivity index (χ1v) is 12.9. The van der Waals surface area contributed by atoms with E-state index in [9.17, 15) is 37.5 Å². The standard InChI is InChI=1S/C18H16FNO4.C13H14FNO4/c19-11-16(21)15(10-17(22)23)20-18(24)14-8-6-13(7-9-14)12-4-2-1-3-5-12;1-8-3-2-4-9(5-8)13(19)15-10(6-12(17)18)11(16)7-14/h1-9,15H,10-11H2,(H,20,24)(H,22,23);2-5,10H,6-7H2,1H3,(H,15,19)(H,17,18). The van der Waals surface area contributed by atoms with Gasteiger partial charge in [0.15, 0.2) is 11.6 Å². The maximum atomic E-state index is 12.5. The zero-order chi connectivity index (χ0) is 31.9. The smallest absolute Gasteiger partial charge is 0.305 e. The Morgan fingerprint density at radius 2 is 1.09 bits per heavy atom. The predicted molar refractivity (Wildman–Crippen MR) is 152 cm³/mol. The van der Waals surface area contributed by atoms with Crippen LogP contribution in [0.15, 0.2) is 78.9 Å². The number of ketones is 2. The number of carbonyl (C=O) groups is 6. The van der Waals surface area contributed by atoms with E-state index in [0.717, 1.165) is 16.7 Å². The highest BCUT2D eigenvalue weighted by Gasteiger charge is 2.25. The summed E-state index contributed by atoms with van der Waals surface area (Å²) >= 11 is 0. The van der Waals surface area contributed by atoms with Crippen LogP contribution in [0.1, 0.15) is 39.1 Å². The van der Waals surface area contributed by atoms with Gasteiger partial charge in [-0.05, 0) is 42.3 Å². The third-order valence-corrected chi connectivity index (χ3v) is 5.94. The van der Waals surface area contributed by atoms with Crippen molar-refractivity contribution in [3.8, 4) is 11.1 Å². The van der Waals surface area contributed by atoms with E-state index in [2.05, 4.69) is 10.6 Å². The second-order valence-electron chi connectivity index (χ2n) is 9.26. The van der Waals surface area contributed by atoms with E-state index >= 15 is 0 Å². The van der Waals surface area contributed by atoms with Gasteiger partial charge in [-0.15, -0.1) is 0 Å². The Balaban J connectivity index is 0.000000309. The van der Waals surface area contributed by atoms with Crippen LogP contribution in [0.25, 0.3) is 11.1 Å². The van der Waals surface area contributed by atoms with Crippen molar-refractivity contribution >= 4 is 35.3 Å². The maximum Gasteiger partial charge on any atom is 0.305 e. The minimum absolute atomic E-state index is 0.261. The SMILES string of the molecule is Cc1cccc(C(=O)NC(CC(=O)O)C(=O)CF)c1.O=C(O)CC(NC(=O)c1ccc(-c2ccccc2)cc1)C(=O)CF.